The standard InChI is InChI=1S/C21H27N3O2/c1-16-3-2-4-18(13-16)20(24-9-11-26-12-10-24)15-23-21(25)14-17-5-7-19(22)8-6-17/h2-8,13,20H,9-12,14-15,22H2,1H3,(H,23,25). The summed E-state index contributed by atoms with van der Waals surface area (Å²) in [5, 5.41) is 3.11. The molecule has 2 aromatic rings. The van der Waals surface area contributed by atoms with Gasteiger partial charge in [0.05, 0.1) is 25.7 Å². The maximum Gasteiger partial charge on any atom is 0.224 e. The van der Waals surface area contributed by atoms with Gasteiger partial charge in [-0.25, -0.2) is 0 Å². The second kappa shape index (κ2) is 8.83. The Hall–Kier alpha value is -2.37. The number of hydrogen-bond acceptors (Lipinski definition) is 4. The second-order valence-corrected chi connectivity index (χ2v) is 6.80. The normalized spacial score (nSPS) is 16.2. The zero-order chi connectivity index (χ0) is 18.4. The number of nitrogens with one attached hydrogen (secondary N) is 1. The topological polar surface area (TPSA) is 67.6 Å². The lowest BCUT2D eigenvalue weighted by Gasteiger charge is -2.35. The van der Waals surface area contributed by atoms with Crippen LogP contribution in [-0.4, -0.2) is 43.7 Å². The van der Waals surface area contributed by atoms with Crippen molar-refractivity contribution < 1.29 is 9.53 Å². The van der Waals surface area contributed by atoms with Gasteiger partial charge in [0.1, 0.15) is 0 Å². The number of morpholine rings is 1. The molecule has 0 spiro atoms. The van der Waals surface area contributed by atoms with Crippen molar-refractivity contribution in [1.82, 2.24) is 10.2 Å². The molecule has 1 aliphatic rings. The largest absolute Gasteiger partial charge is 0.399 e. The number of ether oxygens (including phenoxy) is 1. The lowest BCUT2D eigenvalue weighted by molar-refractivity contribution is -0.120. The van der Waals surface area contributed by atoms with Gasteiger partial charge in [-0.1, -0.05) is 42.0 Å². The molecule has 26 heavy (non-hydrogen) atoms. The monoisotopic (exact) mass is 353 g/mol. The zero-order valence-electron chi connectivity index (χ0n) is 15.3. The highest BCUT2D eigenvalue weighted by Crippen LogP contribution is 2.22. The summed E-state index contributed by atoms with van der Waals surface area (Å²) in [4.78, 5) is 14.8. The first-order valence-electron chi connectivity index (χ1n) is 9.11. The SMILES string of the molecule is Cc1cccc(C(CNC(=O)Cc2ccc(N)cc2)N2CCOCC2)c1. The number of benzene rings is 2. The highest BCUT2D eigenvalue weighted by Gasteiger charge is 2.23. The van der Waals surface area contributed by atoms with Crippen LogP contribution in [0.5, 0.6) is 0 Å². The first-order chi connectivity index (χ1) is 12.6. The molecule has 3 N–H and O–H groups in total. The third-order valence-corrected chi connectivity index (χ3v) is 4.75. The van der Waals surface area contributed by atoms with Crippen LogP contribution >= 0.6 is 0 Å². The summed E-state index contributed by atoms with van der Waals surface area (Å²) in [7, 11) is 0. The van der Waals surface area contributed by atoms with E-state index in [4.69, 9.17) is 10.5 Å². The minimum atomic E-state index is 0.0284. The van der Waals surface area contributed by atoms with Crippen molar-refractivity contribution in [3.63, 3.8) is 0 Å². The van der Waals surface area contributed by atoms with Crippen LogP contribution in [-0.2, 0) is 16.0 Å². The van der Waals surface area contributed by atoms with Gasteiger partial charge >= 0.3 is 0 Å². The maximum absolute atomic E-state index is 12.4. The van der Waals surface area contributed by atoms with Crippen LogP contribution in [0.1, 0.15) is 22.7 Å². The Morgan fingerprint density at radius 2 is 1.92 bits per heavy atom. The van der Waals surface area contributed by atoms with E-state index < -0.39 is 0 Å². The van der Waals surface area contributed by atoms with Crippen LogP contribution in [0.25, 0.3) is 0 Å². The number of hydrogen-bond donors (Lipinski definition) is 2. The fourth-order valence-electron chi connectivity index (χ4n) is 3.32. The highest BCUT2D eigenvalue weighted by atomic mass is 16.5. The molecule has 1 amide bonds. The Kier molecular flexibility index (Phi) is 6.26. The molecule has 0 aliphatic carbocycles. The van der Waals surface area contributed by atoms with Gasteiger partial charge in [-0.3, -0.25) is 9.69 Å². The first-order valence-corrected chi connectivity index (χ1v) is 9.11. The van der Waals surface area contributed by atoms with E-state index in [0.717, 1.165) is 31.9 Å². The van der Waals surface area contributed by atoms with Crippen molar-refractivity contribution in [2.75, 3.05) is 38.6 Å². The number of amides is 1. The third kappa shape index (κ3) is 5.07. The lowest BCUT2D eigenvalue weighted by atomic mass is 10.0. The second-order valence-electron chi connectivity index (χ2n) is 6.80. The van der Waals surface area contributed by atoms with Gasteiger partial charge < -0.3 is 15.8 Å². The van der Waals surface area contributed by atoms with E-state index in [9.17, 15) is 4.79 Å². The Morgan fingerprint density at radius 1 is 1.19 bits per heavy atom. The molecule has 2 aromatic carbocycles. The summed E-state index contributed by atoms with van der Waals surface area (Å²) >= 11 is 0. The molecule has 0 bridgehead atoms. The average molecular weight is 353 g/mol. The molecule has 1 aliphatic heterocycles. The molecule has 5 nitrogen and oxygen atoms in total. The minimum Gasteiger partial charge on any atom is -0.399 e. The van der Waals surface area contributed by atoms with Crippen LogP contribution in [0.3, 0.4) is 0 Å². The van der Waals surface area contributed by atoms with E-state index >= 15 is 0 Å². The predicted molar refractivity (Wildman–Crippen MR) is 104 cm³/mol. The molecule has 0 radical (unpaired) electrons. The number of nitrogen functional groups attached to an aromatic ring is 1. The van der Waals surface area contributed by atoms with Gasteiger partial charge in [0.15, 0.2) is 0 Å². The average Bonchev–Trinajstić information content (AvgIpc) is 2.65. The van der Waals surface area contributed by atoms with Gasteiger partial charge in [-0.2, -0.15) is 0 Å². The summed E-state index contributed by atoms with van der Waals surface area (Å²) in [6, 6.07) is 16.1. The number of carbonyl (C=O) groups is 1. The molecule has 1 saturated heterocycles. The van der Waals surface area contributed by atoms with Crippen molar-refractivity contribution in [3.05, 3.63) is 65.2 Å². The summed E-state index contributed by atoms with van der Waals surface area (Å²) < 4.78 is 5.48. The first kappa shape index (κ1) is 18.4. The van der Waals surface area contributed by atoms with Crippen molar-refractivity contribution in [2.45, 2.75) is 19.4 Å². The van der Waals surface area contributed by atoms with E-state index in [-0.39, 0.29) is 11.9 Å². The van der Waals surface area contributed by atoms with Gasteiger partial charge in [-0.15, -0.1) is 0 Å². The summed E-state index contributed by atoms with van der Waals surface area (Å²) in [6.45, 7) is 5.93. The number of rotatable bonds is 6. The Labute approximate surface area is 155 Å². The molecule has 3 rings (SSSR count). The van der Waals surface area contributed by atoms with Crippen LogP contribution in [0.4, 0.5) is 5.69 Å². The summed E-state index contributed by atoms with van der Waals surface area (Å²) in [5.74, 6) is 0.0284. The number of aryl methyl sites for hydroxylation is 1. The number of nitrogens with zero attached hydrogens (tertiary/aromatic N) is 1. The molecule has 1 fully saturated rings. The van der Waals surface area contributed by atoms with E-state index in [1.165, 1.54) is 11.1 Å². The van der Waals surface area contributed by atoms with Crippen LogP contribution in [0.15, 0.2) is 48.5 Å². The lowest BCUT2D eigenvalue weighted by Crippen LogP contribution is -2.44. The molecule has 0 saturated carbocycles. The molecule has 138 valence electrons. The molecule has 1 atom stereocenters. The molecular formula is C21H27N3O2. The Bertz CT molecular complexity index is 724. The van der Waals surface area contributed by atoms with Gasteiger partial charge in [-0.05, 0) is 30.2 Å². The smallest absolute Gasteiger partial charge is 0.224 e. The summed E-state index contributed by atoms with van der Waals surface area (Å²) in [5.41, 5.74) is 9.84. The van der Waals surface area contributed by atoms with Crippen molar-refractivity contribution in [3.8, 4) is 0 Å². The molecular weight excluding hydrogens is 326 g/mol. The number of carbonyl (C=O) groups excluding carboxylic acids is 1. The van der Waals surface area contributed by atoms with Crippen molar-refractivity contribution in [1.29, 1.82) is 0 Å². The molecule has 1 unspecified atom stereocenters. The minimum absolute atomic E-state index is 0.0284. The van der Waals surface area contributed by atoms with Crippen LogP contribution in [0, 0.1) is 6.92 Å². The quantitative estimate of drug-likeness (QED) is 0.782. The van der Waals surface area contributed by atoms with Crippen LogP contribution < -0.4 is 11.1 Å². The van der Waals surface area contributed by atoms with Crippen LogP contribution in [0.2, 0.25) is 0 Å². The van der Waals surface area contributed by atoms with E-state index in [2.05, 4.69) is 41.4 Å². The molecule has 0 aromatic heterocycles. The Morgan fingerprint density at radius 3 is 2.62 bits per heavy atom. The fourth-order valence-corrected chi connectivity index (χ4v) is 3.32. The van der Waals surface area contributed by atoms with Crippen molar-refractivity contribution in [2.24, 2.45) is 0 Å². The summed E-state index contributed by atoms with van der Waals surface area (Å²) in [6.07, 6.45) is 0.365. The zero-order valence-corrected chi connectivity index (χ0v) is 15.3. The fraction of sp³-hybridized carbons (Fsp3) is 0.381. The van der Waals surface area contributed by atoms with E-state index in [1.807, 2.05) is 24.3 Å². The highest BCUT2D eigenvalue weighted by molar-refractivity contribution is 5.78. The number of anilines is 1. The van der Waals surface area contributed by atoms with Gasteiger partial charge in [0, 0.05) is 25.3 Å². The molecule has 1 heterocycles. The third-order valence-electron chi connectivity index (χ3n) is 4.75. The van der Waals surface area contributed by atoms with E-state index in [0.29, 0.717) is 18.7 Å². The molecule has 5 heteroatoms. The van der Waals surface area contributed by atoms with Gasteiger partial charge in [0.2, 0.25) is 5.91 Å². The van der Waals surface area contributed by atoms with E-state index in [1.54, 1.807) is 0 Å². The van der Waals surface area contributed by atoms with Gasteiger partial charge in [0.25, 0.3) is 0 Å². The predicted octanol–water partition coefficient (Wildman–Crippen LogP) is 2.31. The Balaban J connectivity index is 1.65. The number of nitrogens with two attached hydrogens (primary N) is 1. The maximum atomic E-state index is 12.4. The van der Waals surface area contributed by atoms with Crippen molar-refractivity contribution >= 4 is 11.6 Å².